The molecule has 4 aliphatic rings. The number of anilines is 2. The zero-order chi connectivity index (χ0) is 29.7. The molecule has 0 radical (unpaired) electrons. The summed E-state index contributed by atoms with van der Waals surface area (Å²) >= 11 is 0. The molecule has 2 amide bonds. The summed E-state index contributed by atoms with van der Waals surface area (Å²) in [5.41, 5.74) is 4.55. The third kappa shape index (κ3) is 4.92. The Kier molecular flexibility index (Phi) is 7.24. The predicted molar refractivity (Wildman–Crippen MR) is 156 cm³/mol. The van der Waals surface area contributed by atoms with Crippen LogP contribution < -0.4 is 24.8 Å². The highest BCUT2D eigenvalue weighted by molar-refractivity contribution is 6.02. The van der Waals surface area contributed by atoms with Gasteiger partial charge in [0.1, 0.15) is 18.2 Å². The number of aliphatic hydroxyl groups is 2. The number of ether oxygens (including phenoxy) is 3. The van der Waals surface area contributed by atoms with Crippen molar-refractivity contribution in [3.05, 3.63) is 65.3 Å². The maximum absolute atomic E-state index is 13.2. The SMILES string of the molecule is C=C1C[C@H]2C(O)Nc3cc(OCCCOc4cc5c(cc4OC)C(=O)N4CC(=C)C[C@H]4C(O)N5)c(C)cc3C(=O)N2C1. The lowest BCUT2D eigenvalue weighted by atomic mass is 10.1. The highest BCUT2D eigenvalue weighted by Crippen LogP contribution is 2.39. The van der Waals surface area contributed by atoms with Crippen molar-refractivity contribution in [2.24, 2.45) is 0 Å². The summed E-state index contributed by atoms with van der Waals surface area (Å²) in [5.74, 6) is 1.13. The van der Waals surface area contributed by atoms with Gasteiger partial charge < -0.3 is 44.9 Å². The standard InChI is InChI=1S/C31H36N4O7/c1-16-8-23-28(36)32-21-12-25(18(3)10-19(21)30(38)34(23)14-16)41-6-5-7-42-27-13-22-20(11-26(27)40-4)31(39)35-15-17(2)9-24(35)29(37)33-22/h10-13,23-24,28-29,32-33,36-37H,1-2,5-9,14-15H2,3-4H3/t23-,24-,28?,29?/m0/s1. The van der Waals surface area contributed by atoms with Crippen LogP contribution in [0, 0.1) is 6.92 Å². The maximum atomic E-state index is 13.2. The lowest BCUT2D eigenvalue weighted by Crippen LogP contribution is -2.43. The number of benzene rings is 2. The van der Waals surface area contributed by atoms with Crippen molar-refractivity contribution in [1.29, 1.82) is 0 Å². The average Bonchev–Trinajstić information content (AvgIpc) is 3.51. The molecule has 6 rings (SSSR count). The Balaban J connectivity index is 1.10. The summed E-state index contributed by atoms with van der Waals surface area (Å²) in [7, 11) is 1.51. The van der Waals surface area contributed by atoms with Gasteiger partial charge in [-0.25, -0.2) is 0 Å². The molecule has 0 bridgehead atoms. The number of aryl methyl sites for hydroxylation is 1. The monoisotopic (exact) mass is 576 g/mol. The molecule has 2 aromatic rings. The quantitative estimate of drug-likeness (QED) is 0.290. The van der Waals surface area contributed by atoms with Crippen molar-refractivity contribution in [3.63, 3.8) is 0 Å². The first-order valence-corrected chi connectivity index (χ1v) is 14.1. The third-order valence-corrected chi connectivity index (χ3v) is 8.33. The number of hydrogen-bond acceptors (Lipinski definition) is 9. The molecule has 2 aromatic carbocycles. The summed E-state index contributed by atoms with van der Waals surface area (Å²) in [4.78, 5) is 29.7. The number of methoxy groups -OCH3 is 1. The van der Waals surface area contributed by atoms with Crippen LogP contribution in [0.25, 0.3) is 0 Å². The van der Waals surface area contributed by atoms with E-state index in [9.17, 15) is 19.8 Å². The molecule has 0 aliphatic carbocycles. The van der Waals surface area contributed by atoms with E-state index in [2.05, 4.69) is 23.8 Å². The molecule has 11 nitrogen and oxygen atoms in total. The zero-order valence-electron chi connectivity index (χ0n) is 23.8. The van der Waals surface area contributed by atoms with Gasteiger partial charge in [0.15, 0.2) is 11.5 Å². The number of rotatable bonds is 7. The molecule has 2 fully saturated rings. The van der Waals surface area contributed by atoms with E-state index < -0.39 is 12.5 Å². The summed E-state index contributed by atoms with van der Waals surface area (Å²) in [6.07, 6.45) is -0.198. The van der Waals surface area contributed by atoms with Crippen LogP contribution in [-0.2, 0) is 0 Å². The van der Waals surface area contributed by atoms with Crippen molar-refractivity contribution in [3.8, 4) is 17.2 Å². The number of carbonyl (C=O) groups is 2. The number of hydrogen-bond donors (Lipinski definition) is 4. The largest absolute Gasteiger partial charge is 0.493 e. The van der Waals surface area contributed by atoms with Crippen molar-refractivity contribution in [1.82, 2.24) is 9.80 Å². The second-order valence-corrected chi connectivity index (χ2v) is 11.3. The van der Waals surface area contributed by atoms with E-state index >= 15 is 0 Å². The molecular weight excluding hydrogens is 540 g/mol. The minimum Gasteiger partial charge on any atom is -0.493 e. The fourth-order valence-corrected chi connectivity index (χ4v) is 6.18. The fraction of sp³-hybridized carbons (Fsp3) is 0.419. The molecule has 4 atom stereocenters. The molecule has 4 N–H and O–H groups in total. The predicted octanol–water partition coefficient (Wildman–Crippen LogP) is 2.88. The minimum atomic E-state index is -0.935. The Labute approximate surface area is 244 Å². The molecule has 11 heteroatoms. The first-order chi connectivity index (χ1) is 20.1. The van der Waals surface area contributed by atoms with Crippen LogP contribution in [0.3, 0.4) is 0 Å². The summed E-state index contributed by atoms with van der Waals surface area (Å²) in [6.45, 7) is 11.3. The van der Waals surface area contributed by atoms with E-state index in [1.165, 1.54) is 7.11 Å². The number of carbonyl (C=O) groups excluding carboxylic acids is 2. The molecule has 0 saturated carbocycles. The number of nitrogens with one attached hydrogen (secondary N) is 2. The lowest BCUT2D eigenvalue weighted by Gasteiger charge is -2.24. The normalized spacial score (nSPS) is 24.6. The van der Waals surface area contributed by atoms with Crippen LogP contribution in [0.2, 0.25) is 0 Å². The third-order valence-electron chi connectivity index (χ3n) is 8.33. The van der Waals surface area contributed by atoms with E-state index in [0.29, 0.717) is 85.3 Å². The van der Waals surface area contributed by atoms with E-state index in [1.807, 2.05) is 6.92 Å². The number of fused-ring (bicyclic) bond motifs is 4. The van der Waals surface area contributed by atoms with Crippen molar-refractivity contribution < 1.29 is 34.0 Å². The molecular formula is C31H36N4O7. The van der Waals surface area contributed by atoms with Gasteiger partial charge in [-0.2, -0.15) is 0 Å². The van der Waals surface area contributed by atoms with Gasteiger partial charge in [-0.3, -0.25) is 9.59 Å². The lowest BCUT2D eigenvalue weighted by molar-refractivity contribution is 0.0578. The molecule has 4 heterocycles. The van der Waals surface area contributed by atoms with Gasteiger partial charge in [-0.05, 0) is 37.5 Å². The van der Waals surface area contributed by atoms with E-state index in [1.54, 1.807) is 34.1 Å². The Morgan fingerprint density at radius 3 is 1.86 bits per heavy atom. The Bertz CT molecular complexity index is 1470. The van der Waals surface area contributed by atoms with Gasteiger partial charge in [0.2, 0.25) is 0 Å². The van der Waals surface area contributed by atoms with E-state index in [4.69, 9.17) is 14.2 Å². The van der Waals surface area contributed by atoms with Gasteiger partial charge >= 0.3 is 0 Å². The summed E-state index contributed by atoms with van der Waals surface area (Å²) in [6, 6.07) is 6.13. The topological polar surface area (TPSA) is 133 Å². The van der Waals surface area contributed by atoms with Crippen LogP contribution in [0.15, 0.2) is 48.6 Å². The van der Waals surface area contributed by atoms with E-state index in [0.717, 1.165) is 16.7 Å². The highest BCUT2D eigenvalue weighted by Gasteiger charge is 2.41. The summed E-state index contributed by atoms with van der Waals surface area (Å²) < 4.78 is 17.6. The van der Waals surface area contributed by atoms with Gasteiger partial charge in [-0.1, -0.05) is 24.3 Å². The molecule has 2 unspecified atom stereocenters. The van der Waals surface area contributed by atoms with Gasteiger partial charge in [0, 0.05) is 31.6 Å². The Hall–Kier alpha value is -4.22. The van der Waals surface area contributed by atoms with Gasteiger partial charge in [0.05, 0.1) is 54.9 Å². The first-order valence-electron chi connectivity index (χ1n) is 14.1. The molecule has 0 aromatic heterocycles. The average molecular weight is 577 g/mol. The molecule has 0 spiro atoms. The van der Waals surface area contributed by atoms with Gasteiger partial charge in [-0.15, -0.1) is 0 Å². The van der Waals surface area contributed by atoms with Crippen LogP contribution in [-0.4, -0.2) is 89.8 Å². The number of aliphatic hydroxyl groups excluding tert-OH is 2. The second kappa shape index (κ2) is 10.9. The molecule has 42 heavy (non-hydrogen) atoms. The second-order valence-electron chi connectivity index (χ2n) is 11.3. The molecule has 4 aliphatic heterocycles. The Morgan fingerprint density at radius 2 is 1.31 bits per heavy atom. The van der Waals surface area contributed by atoms with E-state index in [-0.39, 0.29) is 23.9 Å². The smallest absolute Gasteiger partial charge is 0.256 e. The summed E-state index contributed by atoms with van der Waals surface area (Å²) in [5, 5.41) is 27.6. The van der Waals surface area contributed by atoms with Crippen LogP contribution in [0.4, 0.5) is 11.4 Å². The van der Waals surface area contributed by atoms with Crippen molar-refractivity contribution in [2.45, 2.75) is 50.7 Å². The van der Waals surface area contributed by atoms with Gasteiger partial charge in [0.25, 0.3) is 11.8 Å². The van der Waals surface area contributed by atoms with Crippen LogP contribution in [0.5, 0.6) is 17.2 Å². The zero-order valence-corrected chi connectivity index (χ0v) is 23.8. The Morgan fingerprint density at radius 1 is 0.810 bits per heavy atom. The maximum Gasteiger partial charge on any atom is 0.256 e. The van der Waals surface area contributed by atoms with Crippen molar-refractivity contribution >= 4 is 23.2 Å². The fourth-order valence-electron chi connectivity index (χ4n) is 6.18. The van der Waals surface area contributed by atoms with Crippen molar-refractivity contribution in [2.75, 3.05) is 44.0 Å². The number of nitrogens with zero attached hydrogens (tertiary/aromatic N) is 2. The molecule has 222 valence electrons. The highest BCUT2D eigenvalue weighted by atomic mass is 16.5. The van der Waals surface area contributed by atoms with Crippen LogP contribution >= 0.6 is 0 Å². The minimum absolute atomic E-state index is 0.134. The van der Waals surface area contributed by atoms with Crippen LogP contribution in [0.1, 0.15) is 45.5 Å². The molecule has 2 saturated heterocycles. The number of amides is 2. The first kappa shape index (κ1) is 27.9.